The number of imidazole rings is 1. The van der Waals surface area contributed by atoms with Crippen LogP contribution in [-0.4, -0.2) is 42.9 Å². The SMILES string of the molecule is CCCOC(=O)N(C)c1ccc2c(c1)N(Cc1c[nH]cn1)CCO2. The maximum Gasteiger partial charge on any atom is 0.414 e. The highest BCUT2D eigenvalue weighted by molar-refractivity contribution is 5.88. The van der Waals surface area contributed by atoms with Crippen molar-refractivity contribution in [3.8, 4) is 5.75 Å². The minimum atomic E-state index is -0.354. The summed E-state index contributed by atoms with van der Waals surface area (Å²) in [4.78, 5) is 23.0. The first kappa shape index (κ1) is 16.2. The highest BCUT2D eigenvalue weighted by Gasteiger charge is 2.21. The van der Waals surface area contributed by atoms with Crippen LogP contribution in [0.4, 0.5) is 16.2 Å². The van der Waals surface area contributed by atoms with Gasteiger partial charge in [-0.15, -0.1) is 0 Å². The zero-order valence-corrected chi connectivity index (χ0v) is 14.0. The van der Waals surface area contributed by atoms with Gasteiger partial charge in [-0.3, -0.25) is 4.90 Å². The Morgan fingerprint density at radius 3 is 3.12 bits per heavy atom. The number of carbonyl (C=O) groups excluding carboxylic acids is 1. The summed E-state index contributed by atoms with van der Waals surface area (Å²) in [6.07, 6.45) is 4.00. The van der Waals surface area contributed by atoms with Crippen molar-refractivity contribution < 1.29 is 14.3 Å². The molecule has 2 heterocycles. The summed E-state index contributed by atoms with van der Waals surface area (Å²) in [7, 11) is 1.71. The molecule has 0 saturated heterocycles. The minimum absolute atomic E-state index is 0.354. The molecule has 0 unspecified atom stereocenters. The summed E-state index contributed by atoms with van der Waals surface area (Å²) in [5.74, 6) is 0.816. The molecule has 0 atom stereocenters. The third-order valence-electron chi connectivity index (χ3n) is 3.90. The first-order valence-electron chi connectivity index (χ1n) is 8.09. The van der Waals surface area contributed by atoms with E-state index in [2.05, 4.69) is 14.9 Å². The van der Waals surface area contributed by atoms with E-state index < -0.39 is 0 Å². The van der Waals surface area contributed by atoms with Gasteiger partial charge in [0.05, 0.1) is 37.4 Å². The van der Waals surface area contributed by atoms with Gasteiger partial charge in [0.1, 0.15) is 12.4 Å². The monoisotopic (exact) mass is 330 g/mol. The third-order valence-corrected chi connectivity index (χ3v) is 3.90. The second kappa shape index (κ2) is 7.25. The summed E-state index contributed by atoms with van der Waals surface area (Å²) in [6.45, 7) is 4.48. The summed E-state index contributed by atoms with van der Waals surface area (Å²) in [6, 6.07) is 5.71. The molecule has 24 heavy (non-hydrogen) atoms. The van der Waals surface area contributed by atoms with E-state index in [-0.39, 0.29) is 6.09 Å². The lowest BCUT2D eigenvalue weighted by Gasteiger charge is -2.31. The summed E-state index contributed by atoms with van der Waals surface area (Å²) in [5, 5.41) is 0. The molecule has 1 aliphatic heterocycles. The maximum absolute atomic E-state index is 12.1. The number of ether oxygens (including phenoxy) is 2. The molecule has 1 aliphatic rings. The molecule has 3 rings (SSSR count). The summed E-state index contributed by atoms with van der Waals surface area (Å²) >= 11 is 0. The number of aromatic nitrogens is 2. The molecule has 0 spiro atoms. The largest absolute Gasteiger partial charge is 0.490 e. The first-order valence-corrected chi connectivity index (χ1v) is 8.09. The average molecular weight is 330 g/mol. The predicted octanol–water partition coefficient (Wildman–Crippen LogP) is 2.79. The lowest BCUT2D eigenvalue weighted by atomic mass is 10.2. The molecule has 0 radical (unpaired) electrons. The number of carbonyl (C=O) groups is 1. The van der Waals surface area contributed by atoms with Crippen molar-refractivity contribution in [3.63, 3.8) is 0 Å². The smallest absolute Gasteiger partial charge is 0.414 e. The molecule has 0 fully saturated rings. The Morgan fingerprint density at radius 1 is 1.50 bits per heavy atom. The van der Waals surface area contributed by atoms with Crippen LogP contribution in [0.25, 0.3) is 0 Å². The van der Waals surface area contributed by atoms with Gasteiger partial charge >= 0.3 is 6.09 Å². The average Bonchev–Trinajstić information content (AvgIpc) is 3.12. The van der Waals surface area contributed by atoms with Gasteiger partial charge in [-0.25, -0.2) is 9.78 Å². The van der Waals surface area contributed by atoms with Crippen LogP contribution in [0.3, 0.4) is 0 Å². The molecule has 7 heteroatoms. The number of hydrogen-bond acceptors (Lipinski definition) is 5. The number of benzene rings is 1. The fourth-order valence-electron chi connectivity index (χ4n) is 2.60. The van der Waals surface area contributed by atoms with E-state index in [0.29, 0.717) is 19.8 Å². The van der Waals surface area contributed by atoms with Gasteiger partial charge in [0.15, 0.2) is 0 Å². The molecular formula is C17H22N4O3. The Bertz CT molecular complexity index is 687. The van der Waals surface area contributed by atoms with Crippen LogP contribution >= 0.6 is 0 Å². The van der Waals surface area contributed by atoms with Crippen molar-refractivity contribution in [2.24, 2.45) is 0 Å². The van der Waals surface area contributed by atoms with Crippen molar-refractivity contribution in [2.45, 2.75) is 19.9 Å². The van der Waals surface area contributed by atoms with E-state index in [1.165, 1.54) is 4.90 Å². The quantitative estimate of drug-likeness (QED) is 0.913. The Hall–Kier alpha value is -2.70. The number of H-pyrrole nitrogens is 1. The minimum Gasteiger partial charge on any atom is -0.490 e. The second-order valence-electron chi connectivity index (χ2n) is 5.66. The Labute approximate surface area is 141 Å². The normalized spacial score (nSPS) is 13.2. The van der Waals surface area contributed by atoms with Gasteiger partial charge < -0.3 is 19.4 Å². The fourth-order valence-corrected chi connectivity index (χ4v) is 2.60. The highest BCUT2D eigenvalue weighted by Crippen LogP contribution is 2.35. The fraction of sp³-hybridized carbons (Fsp3) is 0.412. The van der Waals surface area contributed by atoms with Gasteiger partial charge in [-0.05, 0) is 24.6 Å². The molecule has 128 valence electrons. The molecular weight excluding hydrogens is 308 g/mol. The molecule has 1 N–H and O–H groups in total. The summed E-state index contributed by atoms with van der Waals surface area (Å²) in [5.41, 5.74) is 2.69. The number of fused-ring (bicyclic) bond motifs is 1. The van der Waals surface area contributed by atoms with Crippen LogP contribution in [0.1, 0.15) is 19.0 Å². The van der Waals surface area contributed by atoms with Crippen LogP contribution in [0.5, 0.6) is 5.75 Å². The topological polar surface area (TPSA) is 70.7 Å². The number of hydrogen-bond donors (Lipinski definition) is 1. The van der Waals surface area contributed by atoms with Gasteiger partial charge in [-0.1, -0.05) is 6.92 Å². The van der Waals surface area contributed by atoms with Gasteiger partial charge in [0.25, 0.3) is 0 Å². The van der Waals surface area contributed by atoms with E-state index in [4.69, 9.17) is 9.47 Å². The van der Waals surface area contributed by atoms with E-state index in [9.17, 15) is 4.79 Å². The Balaban J connectivity index is 1.81. The lowest BCUT2D eigenvalue weighted by Crippen LogP contribution is -2.33. The highest BCUT2D eigenvalue weighted by atomic mass is 16.6. The number of amides is 1. The molecule has 1 aromatic heterocycles. The summed E-state index contributed by atoms with van der Waals surface area (Å²) < 4.78 is 10.9. The molecule has 1 amide bonds. The number of aromatic amines is 1. The molecule has 0 saturated carbocycles. The number of anilines is 2. The lowest BCUT2D eigenvalue weighted by molar-refractivity contribution is 0.155. The molecule has 0 aliphatic carbocycles. The van der Waals surface area contributed by atoms with Crippen LogP contribution in [-0.2, 0) is 11.3 Å². The molecule has 2 aromatic rings. The zero-order chi connectivity index (χ0) is 16.9. The molecule has 1 aromatic carbocycles. The van der Waals surface area contributed by atoms with Gasteiger partial charge in [-0.2, -0.15) is 0 Å². The number of rotatable bonds is 5. The standard InChI is InChI=1S/C17H22N4O3/c1-3-7-24-17(22)20(2)14-4-5-16-15(9-14)21(6-8-23-16)11-13-10-18-12-19-13/h4-5,9-10,12H,3,6-8,11H2,1-2H3,(H,18,19). The third kappa shape index (κ3) is 3.45. The second-order valence-corrected chi connectivity index (χ2v) is 5.66. The molecule has 0 bridgehead atoms. The van der Waals surface area contributed by atoms with Crippen LogP contribution in [0, 0.1) is 0 Å². The maximum atomic E-state index is 12.1. The zero-order valence-electron chi connectivity index (χ0n) is 14.0. The van der Waals surface area contributed by atoms with Crippen LogP contribution < -0.4 is 14.5 Å². The number of nitrogens with one attached hydrogen (secondary N) is 1. The Morgan fingerprint density at radius 2 is 2.38 bits per heavy atom. The van der Waals surface area contributed by atoms with Crippen molar-refractivity contribution in [3.05, 3.63) is 36.4 Å². The van der Waals surface area contributed by atoms with Crippen molar-refractivity contribution in [1.82, 2.24) is 9.97 Å². The van der Waals surface area contributed by atoms with E-state index in [1.54, 1.807) is 13.4 Å². The van der Waals surface area contributed by atoms with E-state index in [1.807, 2.05) is 31.3 Å². The number of nitrogens with zero attached hydrogens (tertiary/aromatic N) is 3. The van der Waals surface area contributed by atoms with Crippen LogP contribution in [0.2, 0.25) is 0 Å². The van der Waals surface area contributed by atoms with Crippen molar-refractivity contribution in [1.29, 1.82) is 0 Å². The Kier molecular flexibility index (Phi) is 4.88. The predicted molar refractivity (Wildman–Crippen MR) is 91.6 cm³/mol. The van der Waals surface area contributed by atoms with Crippen molar-refractivity contribution >= 4 is 17.5 Å². The molecule has 7 nitrogen and oxygen atoms in total. The van der Waals surface area contributed by atoms with Gasteiger partial charge in [0, 0.05) is 18.9 Å². The van der Waals surface area contributed by atoms with E-state index >= 15 is 0 Å². The first-order chi connectivity index (χ1) is 11.7. The van der Waals surface area contributed by atoms with Crippen LogP contribution in [0.15, 0.2) is 30.7 Å². The van der Waals surface area contributed by atoms with Crippen molar-refractivity contribution in [2.75, 3.05) is 36.6 Å². The van der Waals surface area contributed by atoms with Gasteiger partial charge in [0.2, 0.25) is 0 Å². The van der Waals surface area contributed by atoms with E-state index in [0.717, 1.165) is 35.8 Å².